The molecule has 3 amide bonds. The van der Waals surface area contributed by atoms with Crippen LogP contribution in [0.25, 0.3) is 6.08 Å². The molecule has 2 aromatic carbocycles. The van der Waals surface area contributed by atoms with Gasteiger partial charge in [-0.05, 0) is 60.7 Å². The van der Waals surface area contributed by atoms with Gasteiger partial charge in [-0.1, -0.05) is 0 Å². The molecular formula is C24H24N4O8S. The van der Waals surface area contributed by atoms with Gasteiger partial charge in [-0.25, -0.2) is 0 Å². The molecular weight excluding hydrogens is 504 g/mol. The number of ether oxygens (including phenoxy) is 2. The van der Waals surface area contributed by atoms with Gasteiger partial charge in [0, 0.05) is 30.5 Å². The van der Waals surface area contributed by atoms with Gasteiger partial charge < -0.3 is 24.8 Å². The summed E-state index contributed by atoms with van der Waals surface area (Å²) in [6.07, 6.45) is 1.28. The predicted molar refractivity (Wildman–Crippen MR) is 137 cm³/mol. The number of carbonyl (C=O) groups excluding carboxylic acids is 3. The van der Waals surface area contributed by atoms with E-state index in [0.29, 0.717) is 30.7 Å². The number of rotatable bonds is 8. The van der Waals surface area contributed by atoms with Crippen LogP contribution in [0.2, 0.25) is 0 Å². The Morgan fingerprint density at radius 3 is 2.59 bits per heavy atom. The molecule has 0 unspecified atom stereocenters. The maximum Gasteiger partial charge on any atom is 0.315 e. The smallest absolute Gasteiger partial charge is 0.315 e. The number of aromatic hydroxyl groups is 1. The van der Waals surface area contributed by atoms with Gasteiger partial charge in [0.05, 0.1) is 29.6 Å². The number of nitrogens with one attached hydrogen (secondary N) is 1. The fourth-order valence-corrected chi connectivity index (χ4v) is 4.65. The zero-order valence-corrected chi connectivity index (χ0v) is 20.7. The van der Waals surface area contributed by atoms with Gasteiger partial charge in [-0.15, -0.1) is 0 Å². The van der Waals surface area contributed by atoms with E-state index < -0.39 is 40.0 Å². The number of anilines is 2. The molecule has 0 radical (unpaired) electrons. The Hall–Kier alpha value is -4.10. The van der Waals surface area contributed by atoms with Crippen LogP contribution < -0.4 is 15.0 Å². The molecule has 0 saturated carbocycles. The monoisotopic (exact) mass is 528 g/mol. The second-order valence-electron chi connectivity index (χ2n) is 8.04. The Balaban J connectivity index is 1.43. The number of morpholine rings is 1. The molecule has 0 bridgehead atoms. The van der Waals surface area contributed by atoms with Crippen LogP contribution in [0.3, 0.4) is 0 Å². The average Bonchev–Trinajstić information content (AvgIpc) is 3.14. The van der Waals surface area contributed by atoms with Gasteiger partial charge in [0.25, 0.3) is 11.1 Å². The van der Waals surface area contributed by atoms with Crippen LogP contribution in [0.5, 0.6) is 11.5 Å². The number of nitro benzene ring substituents is 1. The molecule has 13 heteroatoms. The Morgan fingerprint density at radius 1 is 1.24 bits per heavy atom. The average molecular weight is 529 g/mol. The van der Waals surface area contributed by atoms with Crippen molar-refractivity contribution in [2.24, 2.45) is 0 Å². The third-order valence-electron chi connectivity index (χ3n) is 5.57. The summed E-state index contributed by atoms with van der Waals surface area (Å²) in [4.78, 5) is 51.3. The number of benzene rings is 2. The molecule has 2 aromatic rings. The van der Waals surface area contributed by atoms with Crippen LogP contribution in [0.1, 0.15) is 12.5 Å². The summed E-state index contributed by atoms with van der Waals surface area (Å²) in [6, 6.07) is 9.62. The number of carbonyl (C=O) groups is 3. The molecule has 0 spiro atoms. The van der Waals surface area contributed by atoms with Gasteiger partial charge in [0.15, 0.2) is 5.75 Å². The first kappa shape index (κ1) is 26.0. The van der Waals surface area contributed by atoms with Crippen LogP contribution in [-0.4, -0.2) is 71.4 Å². The quantitative estimate of drug-likeness (QED) is 0.297. The summed E-state index contributed by atoms with van der Waals surface area (Å²) < 4.78 is 10.6. The van der Waals surface area contributed by atoms with Crippen LogP contribution in [0, 0.1) is 10.1 Å². The van der Waals surface area contributed by atoms with Gasteiger partial charge >= 0.3 is 5.69 Å². The first-order chi connectivity index (χ1) is 17.8. The van der Waals surface area contributed by atoms with Gasteiger partial charge in [0.1, 0.15) is 6.54 Å². The fraction of sp³-hybridized carbons (Fsp3) is 0.292. The van der Waals surface area contributed by atoms with Crippen LogP contribution in [0.15, 0.2) is 41.3 Å². The van der Waals surface area contributed by atoms with E-state index in [0.717, 1.165) is 29.7 Å². The Labute approximate surface area is 216 Å². The number of nitrogens with zero attached hydrogens (tertiary/aromatic N) is 3. The molecule has 2 fully saturated rings. The zero-order chi connectivity index (χ0) is 26.5. The molecule has 2 aliphatic rings. The first-order valence-electron chi connectivity index (χ1n) is 11.4. The van der Waals surface area contributed by atoms with Crippen molar-refractivity contribution in [3.05, 3.63) is 57.0 Å². The highest BCUT2D eigenvalue weighted by Crippen LogP contribution is 2.39. The van der Waals surface area contributed by atoms with E-state index >= 15 is 0 Å². The van der Waals surface area contributed by atoms with E-state index in [1.165, 1.54) is 12.1 Å². The highest BCUT2D eigenvalue weighted by atomic mass is 32.2. The molecule has 0 aromatic heterocycles. The molecule has 4 rings (SSSR count). The maximum atomic E-state index is 12.8. The van der Waals surface area contributed by atoms with Crippen LogP contribution in [0.4, 0.5) is 21.9 Å². The van der Waals surface area contributed by atoms with Crippen molar-refractivity contribution in [1.82, 2.24) is 4.90 Å². The van der Waals surface area contributed by atoms with Gasteiger partial charge in [-0.3, -0.25) is 29.4 Å². The second kappa shape index (κ2) is 11.3. The van der Waals surface area contributed by atoms with Crippen molar-refractivity contribution in [3.63, 3.8) is 0 Å². The zero-order valence-electron chi connectivity index (χ0n) is 19.8. The third-order valence-corrected chi connectivity index (χ3v) is 6.48. The predicted octanol–water partition coefficient (Wildman–Crippen LogP) is 3.21. The third kappa shape index (κ3) is 6.01. The highest BCUT2D eigenvalue weighted by Gasteiger charge is 2.36. The number of nitro groups is 1. The lowest BCUT2D eigenvalue weighted by atomic mass is 10.1. The number of amides is 3. The largest absolute Gasteiger partial charge is 0.500 e. The van der Waals surface area contributed by atoms with Gasteiger partial charge in [-0.2, -0.15) is 0 Å². The summed E-state index contributed by atoms with van der Waals surface area (Å²) in [6.45, 7) is 4.17. The first-order valence-corrected chi connectivity index (χ1v) is 12.2. The molecule has 2 saturated heterocycles. The van der Waals surface area contributed by atoms with Crippen molar-refractivity contribution in [2.75, 3.05) is 49.7 Å². The van der Waals surface area contributed by atoms with Crippen molar-refractivity contribution in [3.8, 4) is 11.5 Å². The Bertz CT molecular complexity index is 1260. The lowest BCUT2D eigenvalue weighted by molar-refractivity contribution is -0.386. The Morgan fingerprint density at radius 2 is 1.95 bits per heavy atom. The summed E-state index contributed by atoms with van der Waals surface area (Å²) >= 11 is 0.610. The van der Waals surface area contributed by atoms with Crippen LogP contribution in [-0.2, 0) is 14.3 Å². The molecule has 0 aliphatic carbocycles. The number of thioether (sulfide) groups is 1. The summed E-state index contributed by atoms with van der Waals surface area (Å²) in [5.74, 6) is -2.02. The number of hydrogen-bond donors (Lipinski definition) is 2. The van der Waals surface area contributed by atoms with E-state index in [1.807, 2.05) is 12.1 Å². The van der Waals surface area contributed by atoms with Crippen molar-refractivity contribution >= 4 is 52.0 Å². The summed E-state index contributed by atoms with van der Waals surface area (Å²) in [7, 11) is 0. The second-order valence-corrected chi connectivity index (χ2v) is 9.03. The molecule has 2 N–H and O–H groups in total. The topological polar surface area (TPSA) is 152 Å². The minimum absolute atomic E-state index is 0.0184. The highest BCUT2D eigenvalue weighted by molar-refractivity contribution is 8.18. The SMILES string of the molecule is CCOc1cc(/C=C2\SC(=O)N(CC(=O)Nc3ccc(N4CCOCC4)cc3)C2=O)cc([N+](=O)[O-])c1O. The lowest BCUT2D eigenvalue weighted by Crippen LogP contribution is -2.36. The standard InChI is InChI=1S/C24H24N4O8S/c1-2-36-19-12-15(11-18(22(19)30)28(33)34)13-20-23(31)27(24(32)37-20)14-21(29)25-16-3-5-17(6-4-16)26-7-9-35-10-8-26/h3-6,11-13,30H,2,7-10,14H2,1H3,(H,25,29)/b20-13-. The fourth-order valence-electron chi connectivity index (χ4n) is 3.81. The summed E-state index contributed by atoms with van der Waals surface area (Å²) in [5.41, 5.74) is 1.10. The van der Waals surface area contributed by atoms with Crippen molar-refractivity contribution in [1.29, 1.82) is 0 Å². The lowest BCUT2D eigenvalue weighted by Gasteiger charge is -2.28. The molecule has 37 heavy (non-hydrogen) atoms. The normalized spacial score (nSPS) is 16.8. The van der Waals surface area contributed by atoms with Crippen molar-refractivity contribution in [2.45, 2.75) is 6.92 Å². The van der Waals surface area contributed by atoms with Gasteiger partial charge in [0.2, 0.25) is 11.7 Å². The summed E-state index contributed by atoms with van der Waals surface area (Å²) in [5, 5.41) is 23.4. The minimum Gasteiger partial charge on any atom is -0.500 e. The van der Waals surface area contributed by atoms with Crippen molar-refractivity contribution < 1.29 is 33.9 Å². The number of hydrogen-bond acceptors (Lipinski definition) is 10. The minimum atomic E-state index is -0.779. The van der Waals surface area contributed by atoms with E-state index in [4.69, 9.17) is 9.47 Å². The van der Waals surface area contributed by atoms with E-state index in [2.05, 4.69) is 10.2 Å². The van der Waals surface area contributed by atoms with E-state index in [9.17, 15) is 29.6 Å². The Kier molecular flexibility index (Phi) is 7.94. The molecule has 2 heterocycles. The van der Waals surface area contributed by atoms with E-state index in [1.54, 1.807) is 19.1 Å². The molecule has 0 atom stereocenters. The molecule has 2 aliphatic heterocycles. The number of phenolic OH excluding ortho intramolecular Hbond substituents is 1. The van der Waals surface area contributed by atoms with Crippen LogP contribution >= 0.6 is 11.8 Å². The molecule has 12 nitrogen and oxygen atoms in total. The maximum absolute atomic E-state index is 12.8. The number of phenols is 1. The molecule has 194 valence electrons. The number of imide groups is 1. The van der Waals surface area contributed by atoms with E-state index in [-0.39, 0.29) is 22.8 Å².